The van der Waals surface area contributed by atoms with Gasteiger partial charge in [0.25, 0.3) is 0 Å². The Morgan fingerprint density at radius 1 is 0.900 bits per heavy atom. The van der Waals surface area contributed by atoms with E-state index in [9.17, 15) is 0 Å². The van der Waals surface area contributed by atoms with Gasteiger partial charge in [0, 0.05) is 0 Å². The Balaban J connectivity index is -0.0000000300. The molecule has 0 spiro atoms. The van der Waals surface area contributed by atoms with Gasteiger partial charge in [0.1, 0.15) is 0 Å². The SMILES string of the molecule is OB(O)O.P.[La+3].[O-]B([O-])[O-]. The summed E-state index contributed by atoms with van der Waals surface area (Å²) in [7, 11) is -5.08. The summed E-state index contributed by atoms with van der Waals surface area (Å²) in [5, 5.41) is 46.7. The molecule has 0 rings (SSSR count). The molecule has 6 nitrogen and oxygen atoms in total. The first-order valence-corrected chi connectivity index (χ1v) is 1.48. The van der Waals surface area contributed by atoms with E-state index >= 15 is 0 Å². The van der Waals surface area contributed by atoms with Crippen LogP contribution in [0.2, 0.25) is 0 Å². The molecular formula is H6B2LaO6P. The van der Waals surface area contributed by atoms with Crippen LogP contribution in [-0.2, 0) is 0 Å². The van der Waals surface area contributed by atoms with Gasteiger partial charge in [-0.15, -0.1) is 0 Å². The van der Waals surface area contributed by atoms with Gasteiger partial charge in [-0.3, -0.25) is 7.32 Å². The van der Waals surface area contributed by atoms with Gasteiger partial charge in [0.15, 0.2) is 0 Å². The van der Waals surface area contributed by atoms with Crippen molar-refractivity contribution in [3.05, 3.63) is 0 Å². The fourth-order valence-electron chi connectivity index (χ4n) is 0. The zero-order valence-electron chi connectivity index (χ0n) is 5.01. The minimum absolute atomic E-state index is 0. The van der Waals surface area contributed by atoms with E-state index in [1.165, 1.54) is 0 Å². The Hall–Kier alpha value is 1.51. The molecule has 0 bridgehead atoms. The van der Waals surface area contributed by atoms with Crippen LogP contribution in [0, 0.1) is 35.6 Å². The zero-order chi connectivity index (χ0) is 7.15. The van der Waals surface area contributed by atoms with Crippen LogP contribution in [-0.4, -0.2) is 29.7 Å². The largest absolute Gasteiger partial charge is 3.00 e. The minimum Gasteiger partial charge on any atom is -0.907 e. The summed E-state index contributed by atoms with van der Waals surface area (Å²) in [5.41, 5.74) is 0. The molecule has 1 atom stereocenters. The first-order valence-electron chi connectivity index (χ1n) is 1.48. The second-order valence-electron chi connectivity index (χ2n) is 0.635. The Kier molecular flexibility index (Phi) is 38.0. The second-order valence-corrected chi connectivity index (χ2v) is 0.635. The van der Waals surface area contributed by atoms with Crippen LogP contribution in [0.1, 0.15) is 0 Å². The van der Waals surface area contributed by atoms with Crippen molar-refractivity contribution in [2.75, 3.05) is 0 Å². The van der Waals surface area contributed by atoms with Crippen LogP contribution in [0.25, 0.3) is 0 Å². The minimum atomic E-state index is -2.92. The molecule has 56 valence electrons. The Morgan fingerprint density at radius 2 is 0.900 bits per heavy atom. The van der Waals surface area contributed by atoms with E-state index in [4.69, 9.17) is 30.1 Å². The first kappa shape index (κ1) is 22.5. The van der Waals surface area contributed by atoms with Gasteiger partial charge >= 0.3 is 42.9 Å². The zero-order valence-corrected chi connectivity index (χ0v) is 10.0. The van der Waals surface area contributed by atoms with Gasteiger partial charge in [-0.2, -0.15) is 9.90 Å². The van der Waals surface area contributed by atoms with Gasteiger partial charge in [-0.25, -0.2) is 0 Å². The first-order chi connectivity index (χ1) is 3.46. The maximum atomic E-state index is 8.42. The summed E-state index contributed by atoms with van der Waals surface area (Å²) >= 11 is 0. The van der Waals surface area contributed by atoms with E-state index in [1.807, 2.05) is 0 Å². The molecule has 0 saturated heterocycles. The van der Waals surface area contributed by atoms with Gasteiger partial charge < -0.3 is 30.1 Å². The van der Waals surface area contributed by atoms with Crippen molar-refractivity contribution in [2.45, 2.75) is 0 Å². The van der Waals surface area contributed by atoms with Crippen molar-refractivity contribution < 1.29 is 65.7 Å². The number of hydrogen-bond acceptors (Lipinski definition) is 6. The molecule has 10 heteroatoms. The van der Waals surface area contributed by atoms with E-state index < -0.39 is 14.6 Å². The summed E-state index contributed by atoms with van der Waals surface area (Å²) in [5.74, 6) is 0. The van der Waals surface area contributed by atoms with Gasteiger partial charge in [-0.05, 0) is 0 Å². The molecule has 0 aromatic rings. The van der Waals surface area contributed by atoms with Crippen LogP contribution < -0.4 is 15.1 Å². The monoisotopic (exact) mass is 294 g/mol. The quantitative estimate of drug-likeness (QED) is 0.301. The Labute approximate surface area is 89.9 Å². The predicted octanol–water partition coefficient (Wildman–Crippen LogP) is -5.94. The molecule has 0 aliphatic rings. The topological polar surface area (TPSA) is 130 Å². The number of hydrogen-bond donors (Lipinski definition) is 3. The van der Waals surface area contributed by atoms with Crippen LogP contribution in [0.5, 0.6) is 0 Å². The third kappa shape index (κ3) is 301. The summed E-state index contributed by atoms with van der Waals surface area (Å²) in [6, 6.07) is 0. The van der Waals surface area contributed by atoms with E-state index in [1.54, 1.807) is 0 Å². The van der Waals surface area contributed by atoms with Crippen LogP contribution in [0.4, 0.5) is 0 Å². The maximum absolute atomic E-state index is 8.42. The summed E-state index contributed by atoms with van der Waals surface area (Å²) in [6.45, 7) is 0. The molecule has 10 heavy (non-hydrogen) atoms. The third-order valence-corrected chi connectivity index (χ3v) is 0. The average Bonchev–Trinajstić information content (AvgIpc) is 1.25. The van der Waals surface area contributed by atoms with Crippen LogP contribution >= 0.6 is 9.90 Å². The van der Waals surface area contributed by atoms with Gasteiger partial charge in [0.2, 0.25) is 0 Å². The fourth-order valence-corrected chi connectivity index (χ4v) is 0. The molecule has 0 aromatic heterocycles. The van der Waals surface area contributed by atoms with E-state index in [0.29, 0.717) is 0 Å². The molecule has 0 heterocycles. The average molecular weight is 294 g/mol. The summed E-state index contributed by atoms with van der Waals surface area (Å²) in [6.07, 6.45) is 0. The van der Waals surface area contributed by atoms with Crippen molar-refractivity contribution >= 4 is 24.5 Å². The molecule has 0 aromatic carbocycles. The second kappa shape index (κ2) is 16.9. The summed E-state index contributed by atoms with van der Waals surface area (Å²) < 4.78 is 0. The van der Waals surface area contributed by atoms with E-state index in [-0.39, 0.29) is 45.5 Å². The molecule has 3 N–H and O–H groups in total. The molecular weight excluding hydrogens is 287 g/mol. The molecule has 1 unspecified atom stereocenters. The maximum Gasteiger partial charge on any atom is 3.00 e. The van der Waals surface area contributed by atoms with Crippen molar-refractivity contribution in [1.29, 1.82) is 0 Å². The Bertz CT molecular complexity index is 31.2. The van der Waals surface area contributed by atoms with Crippen molar-refractivity contribution in [3.8, 4) is 0 Å². The van der Waals surface area contributed by atoms with Gasteiger partial charge in [0.05, 0.1) is 0 Å². The summed E-state index contributed by atoms with van der Waals surface area (Å²) in [4.78, 5) is 0. The van der Waals surface area contributed by atoms with Crippen molar-refractivity contribution in [1.82, 2.24) is 0 Å². The molecule has 0 amide bonds. The van der Waals surface area contributed by atoms with Gasteiger partial charge in [-0.1, -0.05) is 0 Å². The van der Waals surface area contributed by atoms with E-state index in [0.717, 1.165) is 0 Å². The molecule has 0 radical (unpaired) electrons. The third-order valence-electron chi connectivity index (χ3n) is 0. The van der Waals surface area contributed by atoms with Crippen molar-refractivity contribution in [3.63, 3.8) is 0 Å². The molecule has 0 aliphatic carbocycles. The van der Waals surface area contributed by atoms with Crippen molar-refractivity contribution in [2.24, 2.45) is 0 Å². The van der Waals surface area contributed by atoms with Crippen LogP contribution in [0.15, 0.2) is 0 Å². The fraction of sp³-hybridized carbons (Fsp3) is 0. The van der Waals surface area contributed by atoms with E-state index in [2.05, 4.69) is 0 Å². The molecule has 0 saturated carbocycles. The number of rotatable bonds is 0. The normalized spacial score (nSPS) is 5.40. The molecule has 0 fully saturated rings. The predicted molar refractivity (Wildman–Crippen MR) is 29.3 cm³/mol. The smallest absolute Gasteiger partial charge is 0.907 e. The molecule has 0 aliphatic heterocycles. The van der Waals surface area contributed by atoms with Crippen LogP contribution in [0.3, 0.4) is 0 Å². The standard InChI is InChI=1S/BH3O3.BO3.La.H3P/c2*2-1(3)4;;/h2-4H;;;1H3/q;-3;+3;. The Morgan fingerprint density at radius 3 is 0.900 bits per heavy atom.